The molecule has 23 heavy (non-hydrogen) atoms. The molecule has 1 aliphatic rings. The van der Waals surface area contributed by atoms with Crippen molar-refractivity contribution in [2.45, 2.75) is 13.0 Å². The van der Waals surface area contributed by atoms with Crippen LogP contribution in [0.2, 0.25) is 0 Å². The van der Waals surface area contributed by atoms with E-state index in [0.29, 0.717) is 5.69 Å². The topological polar surface area (TPSA) is 70.5 Å². The molecule has 1 amide bonds. The van der Waals surface area contributed by atoms with Gasteiger partial charge in [-0.1, -0.05) is 28.1 Å². The average molecular weight is 373 g/mol. The third-order valence-electron chi connectivity index (χ3n) is 3.70. The van der Waals surface area contributed by atoms with Crippen LogP contribution in [0.3, 0.4) is 0 Å². The lowest BCUT2D eigenvalue weighted by molar-refractivity contribution is -0.117. The number of rotatable bonds is 3. The first kappa shape index (κ1) is 15.4. The second-order valence-electron chi connectivity index (χ2n) is 5.16. The van der Waals surface area contributed by atoms with E-state index in [1.165, 1.54) is 18.0 Å². The maximum absolute atomic E-state index is 12.5. The minimum Gasteiger partial charge on any atom is -0.503 e. The van der Waals surface area contributed by atoms with Gasteiger partial charge in [0.25, 0.3) is 5.91 Å². The number of amides is 1. The van der Waals surface area contributed by atoms with Crippen molar-refractivity contribution < 1.29 is 14.7 Å². The average Bonchev–Trinajstić information content (AvgIpc) is 2.81. The van der Waals surface area contributed by atoms with Crippen LogP contribution in [0.25, 0.3) is 0 Å². The summed E-state index contributed by atoms with van der Waals surface area (Å²) in [5.74, 6) is -1.44. The van der Waals surface area contributed by atoms with Gasteiger partial charge in [-0.25, -0.2) is 0 Å². The van der Waals surface area contributed by atoms with Gasteiger partial charge >= 0.3 is 0 Å². The molecule has 0 saturated heterocycles. The highest BCUT2D eigenvalue weighted by Gasteiger charge is 2.43. The van der Waals surface area contributed by atoms with Gasteiger partial charge in [-0.2, -0.15) is 0 Å². The number of aromatic nitrogens is 1. The molecule has 0 radical (unpaired) electrons. The molecular weight excluding hydrogens is 360 g/mol. The summed E-state index contributed by atoms with van der Waals surface area (Å²) in [4.78, 5) is 29.9. The van der Waals surface area contributed by atoms with E-state index >= 15 is 0 Å². The molecule has 0 saturated carbocycles. The van der Waals surface area contributed by atoms with Crippen LogP contribution in [0.5, 0.6) is 0 Å². The van der Waals surface area contributed by atoms with Crippen LogP contribution in [0, 0.1) is 0 Å². The van der Waals surface area contributed by atoms with Crippen LogP contribution in [0.15, 0.2) is 64.6 Å². The lowest BCUT2D eigenvalue weighted by Gasteiger charge is -2.26. The van der Waals surface area contributed by atoms with E-state index in [0.717, 1.165) is 10.0 Å². The third-order valence-corrected chi connectivity index (χ3v) is 4.23. The summed E-state index contributed by atoms with van der Waals surface area (Å²) in [6.07, 6.45) is 3.12. The molecule has 1 atom stereocenters. The van der Waals surface area contributed by atoms with Gasteiger partial charge in [0.2, 0.25) is 0 Å². The van der Waals surface area contributed by atoms with Crippen molar-refractivity contribution in [2.24, 2.45) is 0 Å². The quantitative estimate of drug-likeness (QED) is 0.896. The monoisotopic (exact) mass is 372 g/mol. The number of Topliss-reactive ketones (excluding diaryl/α,β-unsaturated/α-hetero) is 1. The van der Waals surface area contributed by atoms with Gasteiger partial charge in [0.15, 0.2) is 11.5 Å². The Bertz CT molecular complexity index is 800. The Balaban J connectivity index is 2.17. The second kappa shape index (κ2) is 5.96. The van der Waals surface area contributed by atoms with E-state index in [2.05, 4.69) is 20.9 Å². The predicted molar refractivity (Wildman–Crippen MR) is 88.9 cm³/mol. The van der Waals surface area contributed by atoms with Crippen molar-refractivity contribution in [1.82, 2.24) is 4.98 Å². The Labute approximate surface area is 141 Å². The molecule has 0 fully saturated rings. The molecule has 116 valence electrons. The summed E-state index contributed by atoms with van der Waals surface area (Å²) < 4.78 is 0.885. The van der Waals surface area contributed by atoms with Crippen molar-refractivity contribution in [2.75, 3.05) is 4.90 Å². The molecule has 2 heterocycles. The van der Waals surface area contributed by atoms with E-state index in [1.54, 1.807) is 18.3 Å². The normalized spacial score (nSPS) is 17.7. The lowest BCUT2D eigenvalue weighted by atomic mass is 9.96. The molecule has 0 unspecified atom stereocenters. The van der Waals surface area contributed by atoms with Crippen LogP contribution in [0.1, 0.15) is 18.5 Å². The Morgan fingerprint density at radius 2 is 1.96 bits per heavy atom. The van der Waals surface area contributed by atoms with Crippen LogP contribution < -0.4 is 4.90 Å². The van der Waals surface area contributed by atoms with Gasteiger partial charge in [0.1, 0.15) is 0 Å². The van der Waals surface area contributed by atoms with Gasteiger partial charge in [-0.3, -0.25) is 19.5 Å². The molecule has 1 N–H and O–H groups in total. The minimum absolute atomic E-state index is 0.0983. The molecule has 0 aliphatic carbocycles. The minimum atomic E-state index is -0.669. The van der Waals surface area contributed by atoms with Crippen LogP contribution >= 0.6 is 15.9 Å². The van der Waals surface area contributed by atoms with E-state index < -0.39 is 17.7 Å². The number of pyridine rings is 1. The third kappa shape index (κ3) is 2.66. The molecule has 1 aromatic heterocycles. The van der Waals surface area contributed by atoms with Crippen LogP contribution in [-0.2, 0) is 9.59 Å². The first-order valence-electron chi connectivity index (χ1n) is 6.94. The summed E-state index contributed by atoms with van der Waals surface area (Å²) in [6, 6.07) is 10.0. The van der Waals surface area contributed by atoms with E-state index in [9.17, 15) is 14.7 Å². The molecule has 2 aromatic rings. The van der Waals surface area contributed by atoms with Gasteiger partial charge in [-0.05, 0) is 36.8 Å². The molecule has 5 nitrogen and oxygen atoms in total. The standard InChI is InChI=1S/C17H13BrN2O3/c1-10(21)14-15(11-4-6-12(18)7-5-11)20(17(23)16(14)22)13-3-2-8-19-9-13/h2-9,15,22H,1H3/t15-/m0/s1. The number of anilines is 1. The van der Waals surface area contributed by atoms with Gasteiger partial charge in [-0.15, -0.1) is 0 Å². The number of hydrogen-bond acceptors (Lipinski definition) is 4. The number of aliphatic hydroxyl groups is 1. The number of carbonyl (C=O) groups excluding carboxylic acids is 2. The molecule has 3 rings (SSSR count). The van der Waals surface area contributed by atoms with E-state index in [1.807, 2.05) is 24.3 Å². The summed E-state index contributed by atoms with van der Waals surface area (Å²) in [5.41, 5.74) is 1.36. The molecule has 1 aliphatic heterocycles. The largest absolute Gasteiger partial charge is 0.503 e. The Hall–Kier alpha value is -2.47. The summed E-state index contributed by atoms with van der Waals surface area (Å²) in [6.45, 7) is 1.34. The number of nitrogens with zero attached hydrogens (tertiary/aromatic N) is 2. The highest BCUT2D eigenvalue weighted by Crippen LogP contribution is 2.40. The maximum Gasteiger partial charge on any atom is 0.294 e. The lowest BCUT2D eigenvalue weighted by Crippen LogP contribution is -2.30. The summed E-state index contributed by atoms with van der Waals surface area (Å²) in [7, 11) is 0. The number of aliphatic hydroxyl groups excluding tert-OH is 1. The van der Waals surface area contributed by atoms with Crippen molar-refractivity contribution >= 4 is 33.3 Å². The van der Waals surface area contributed by atoms with E-state index in [-0.39, 0.29) is 11.4 Å². The van der Waals surface area contributed by atoms with Gasteiger partial charge < -0.3 is 5.11 Å². The number of ketones is 1. The smallest absolute Gasteiger partial charge is 0.294 e. The van der Waals surface area contributed by atoms with Gasteiger partial charge in [0.05, 0.1) is 23.5 Å². The van der Waals surface area contributed by atoms with Crippen LogP contribution in [-0.4, -0.2) is 21.8 Å². The number of carbonyl (C=O) groups is 2. The van der Waals surface area contributed by atoms with Crippen molar-refractivity contribution in [1.29, 1.82) is 0 Å². The number of halogens is 1. The van der Waals surface area contributed by atoms with E-state index in [4.69, 9.17) is 0 Å². The summed E-state index contributed by atoms with van der Waals surface area (Å²) >= 11 is 3.36. The van der Waals surface area contributed by atoms with Crippen molar-refractivity contribution in [3.05, 3.63) is 70.2 Å². The second-order valence-corrected chi connectivity index (χ2v) is 6.07. The molecule has 0 bridgehead atoms. The first-order valence-corrected chi connectivity index (χ1v) is 7.73. The Kier molecular flexibility index (Phi) is 4.00. The summed E-state index contributed by atoms with van der Waals surface area (Å²) in [5, 5.41) is 10.2. The molecule has 0 spiro atoms. The fourth-order valence-corrected chi connectivity index (χ4v) is 2.95. The number of hydrogen-bond donors (Lipinski definition) is 1. The zero-order chi connectivity index (χ0) is 16.6. The first-order chi connectivity index (χ1) is 11.0. The van der Waals surface area contributed by atoms with Crippen LogP contribution in [0.4, 0.5) is 5.69 Å². The molecular formula is C17H13BrN2O3. The Morgan fingerprint density at radius 3 is 2.52 bits per heavy atom. The fraction of sp³-hybridized carbons (Fsp3) is 0.118. The number of benzene rings is 1. The maximum atomic E-state index is 12.5. The van der Waals surface area contributed by atoms with Gasteiger partial charge in [0, 0.05) is 10.7 Å². The SMILES string of the molecule is CC(=O)C1=C(O)C(=O)N(c2cccnc2)[C@H]1c1ccc(Br)cc1. The zero-order valence-electron chi connectivity index (χ0n) is 12.2. The highest BCUT2D eigenvalue weighted by molar-refractivity contribution is 9.10. The fourth-order valence-electron chi connectivity index (χ4n) is 2.69. The Morgan fingerprint density at radius 1 is 1.26 bits per heavy atom. The van der Waals surface area contributed by atoms with Crippen molar-refractivity contribution in [3.63, 3.8) is 0 Å². The molecule has 1 aromatic carbocycles. The zero-order valence-corrected chi connectivity index (χ0v) is 13.8. The highest BCUT2D eigenvalue weighted by atomic mass is 79.9. The molecule has 6 heteroatoms. The predicted octanol–water partition coefficient (Wildman–Crippen LogP) is 3.33. The van der Waals surface area contributed by atoms with Crippen molar-refractivity contribution in [3.8, 4) is 0 Å².